The highest BCUT2D eigenvalue weighted by molar-refractivity contribution is 7.99. The third-order valence-corrected chi connectivity index (χ3v) is 3.11. The van der Waals surface area contributed by atoms with Crippen molar-refractivity contribution in [3.8, 4) is 0 Å². The molecule has 0 N–H and O–H groups in total. The van der Waals surface area contributed by atoms with E-state index in [1.807, 2.05) is 0 Å². The van der Waals surface area contributed by atoms with Crippen LogP contribution in [-0.4, -0.2) is 25.2 Å². The number of ether oxygens (including phenoxy) is 1. The molecule has 0 atom stereocenters. The average Bonchev–Trinajstić information content (AvgIpc) is 2.09. The van der Waals surface area contributed by atoms with Crippen molar-refractivity contribution in [2.45, 2.75) is 39.5 Å². The zero-order valence-corrected chi connectivity index (χ0v) is 10.2. The van der Waals surface area contributed by atoms with Gasteiger partial charge in [-0.15, -0.1) is 0 Å². The summed E-state index contributed by atoms with van der Waals surface area (Å²) in [6.07, 6.45) is 5.28. The summed E-state index contributed by atoms with van der Waals surface area (Å²) >= 11 is 2.09. The van der Waals surface area contributed by atoms with E-state index in [1.54, 1.807) is 7.11 Å². The maximum absolute atomic E-state index is 4.99. The summed E-state index contributed by atoms with van der Waals surface area (Å²) in [5, 5.41) is 0. The Morgan fingerprint density at radius 1 is 1.08 bits per heavy atom. The number of hydrogen-bond acceptors (Lipinski definition) is 2. The van der Waals surface area contributed by atoms with Crippen LogP contribution < -0.4 is 0 Å². The third-order valence-electron chi connectivity index (χ3n) is 1.96. The lowest BCUT2D eigenvalue weighted by Gasteiger charge is -2.04. The Morgan fingerprint density at radius 3 is 2.38 bits per heavy atom. The summed E-state index contributed by atoms with van der Waals surface area (Å²) in [7, 11) is 1.77. The van der Waals surface area contributed by atoms with Crippen LogP contribution in [0, 0.1) is 5.92 Å². The van der Waals surface area contributed by atoms with Crippen molar-refractivity contribution in [2.75, 3.05) is 25.2 Å². The van der Waals surface area contributed by atoms with Crippen molar-refractivity contribution in [1.82, 2.24) is 0 Å². The molecule has 0 heterocycles. The number of methoxy groups -OCH3 is 1. The van der Waals surface area contributed by atoms with E-state index in [2.05, 4.69) is 25.6 Å². The van der Waals surface area contributed by atoms with Crippen LogP contribution in [0.5, 0.6) is 0 Å². The Kier molecular flexibility index (Phi) is 10.6. The first-order valence-electron chi connectivity index (χ1n) is 5.34. The number of unbranched alkanes of at least 4 members (excludes halogenated alkanes) is 1. The molecule has 0 unspecified atom stereocenters. The van der Waals surface area contributed by atoms with Gasteiger partial charge in [0.15, 0.2) is 0 Å². The van der Waals surface area contributed by atoms with E-state index in [4.69, 9.17) is 4.74 Å². The average molecular weight is 204 g/mol. The molecule has 0 fully saturated rings. The van der Waals surface area contributed by atoms with Crippen LogP contribution >= 0.6 is 11.8 Å². The molecule has 0 aromatic heterocycles. The van der Waals surface area contributed by atoms with Crippen LogP contribution in [-0.2, 0) is 4.74 Å². The summed E-state index contributed by atoms with van der Waals surface area (Å²) in [5.41, 5.74) is 0. The Balaban J connectivity index is 2.84. The Labute approximate surface area is 87.6 Å². The first-order chi connectivity index (χ1) is 6.27. The van der Waals surface area contributed by atoms with Crippen LogP contribution in [0.2, 0.25) is 0 Å². The van der Waals surface area contributed by atoms with Crippen LogP contribution in [0.15, 0.2) is 0 Å². The van der Waals surface area contributed by atoms with Crippen LogP contribution in [0.1, 0.15) is 39.5 Å². The van der Waals surface area contributed by atoms with Crippen molar-refractivity contribution in [3.05, 3.63) is 0 Å². The topological polar surface area (TPSA) is 9.23 Å². The SMILES string of the molecule is COCCCCSCCCC(C)C. The molecular formula is C11H24OS. The lowest BCUT2D eigenvalue weighted by molar-refractivity contribution is 0.194. The molecule has 1 nitrogen and oxygen atoms in total. The van der Waals surface area contributed by atoms with Crippen molar-refractivity contribution in [1.29, 1.82) is 0 Å². The highest BCUT2D eigenvalue weighted by Gasteiger charge is 1.94. The van der Waals surface area contributed by atoms with E-state index in [0.717, 1.165) is 12.5 Å². The minimum Gasteiger partial charge on any atom is -0.385 e. The second kappa shape index (κ2) is 10.4. The summed E-state index contributed by atoms with van der Waals surface area (Å²) in [6.45, 7) is 5.51. The number of thioether (sulfide) groups is 1. The smallest absolute Gasteiger partial charge is 0.0462 e. The van der Waals surface area contributed by atoms with Crippen molar-refractivity contribution >= 4 is 11.8 Å². The number of hydrogen-bond donors (Lipinski definition) is 0. The van der Waals surface area contributed by atoms with E-state index in [-0.39, 0.29) is 0 Å². The predicted octanol–water partition coefficient (Wildman–Crippen LogP) is 3.58. The van der Waals surface area contributed by atoms with E-state index in [1.165, 1.54) is 37.2 Å². The lowest BCUT2D eigenvalue weighted by atomic mass is 10.1. The predicted molar refractivity (Wildman–Crippen MR) is 62.5 cm³/mol. The molecule has 80 valence electrons. The molecule has 2 heteroatoms. The van der Waals surface area contributed by atoms with Gasteiger partial charge in [-0.25, -0.2) is 0 Å². The zero-order valence-electron chi connectivity index (χ0n) is 9.34. The molecule has 0 radical (unpaired) electrons. The molecule has 13 heavy (non-hydrogen) atoms. The molecular weight excluding hydrogens is 180 g/mol. The highest BCUT2D eigenvalue weighted by atomic mass is 32.2. The van der Waals surface area contributed by atoms with Gasteiger partial charge in [0.05, 0.1) is 0 Å². The molecule has 0 saturated carbocycles. The normalized spacial score (nSPS) is 11.1. The van der Waals surface area contributed by atoms with Gasteiger partial charge in [0, 0.05) is 13.7 Å². The molecule has 0 amide bonds. The summed E-state index contributed by atoms with van der Waals surface area (Å²) < 4.78 is 4.99. The highest BCUT2D eigenvalue weighted by Crippen LogP contribution is 2.11. The molecule has 0 aliphatic heterocycles. The fourth-order valence-corrected chi connectivity index (χ4v) is 2.13. The quantitative estimate of drug-likeness (QED) is 0.531. The van der Waals surface area contributed by atoms with Gasteiger partial charge in [0.1, 0.15) is 0 Å². The van der Waals surface area contributed by atoms with E-state index in [9.17, 15) is 0 Å². The molecule has 0 aliphatic carbocycles. The molecule has 0 aliphatic rings. The Bertz CT molecular complexity index is 94.1. The van der Waals surface area contributed by atoms with Gasteiger partial charge in [0.2, 0.25) is 0 Å². The zero-order chi connectivity index (χ0) is 9.94. The maximum atomic E-state index is 4.99. The Hall–Kier alpha value is 0.310. The van der Waals surface area contributed by atoms with Gasteiger partial charge >= 0.3 is 0 Å². The van der Waals surface area contributed by atoms with Gasteiger partial charge in [-0.1, -0.05) is 20.3 Å². The molecule has 0 aromatic carbocycles. The van der Waals surface area contributed by atoms with Gasteiger partial charge in [-0.2, -0.15) is 11.8 Å². The standard InChI is InChI=1S/C11H24OS/c1-11(2)7-6-10-13-9-5-4-8-12-3/h11H,4-10H2,1-3H3. The van der Waals surface area contributed by atoms with Gasteiger partial charge in [0.25, 0.3) is 0 Å². The van der Waals surface area contributed by atoms with Crippen molar-refractivity contribution in [3.63, 3.8) is 0 Å². The summed E-state index contributed by atoms with van der Waals surface area (Å²) in [6, 6.07) is 0. The molecule has 0 spiro atoms. The second-order valence-electron chi connectivity index (χ2n) is 3.85. The molecule has 0 rings (SSSR count). The first kappa shape index (κ1) is 13.3. The third kappa shape index (κ3) is 12.3. The molecule has 0 aromatic rings. The summed E-state index contributed by atoms with van der Waals surface area (Å²) in [5.74, 6) is 3.51. The molecule has 0 saturated heterocycles. The fraction of sp³-hybridized carbons (Fsp3) is 1.00. The monoisotopic (exact) mass is 204 g/mol. The van der Waals surface area contributed by atoms with Gasteiger partial charge in [-0.05, 0) is 36.7 Å². The lowest BCUT2D eigenvalue weighted by Crippen LogP contribution is -1.92. The van der Waals surface area contributed by atoms with Crippen LogP contribution in [0.25, 0.3) is 0 Å². The first-order valence-corrected chi connectivity index (χ1v) is 6.49. The van der Waals surface area contributed by atoms with E-state index < -0.39 is 0 Å². The largest absolute Gasteiger partial charge is 0.385 e. The van der Waals surface area contributed by atoms with Crippen molar-refractivity contribution in [2.24, 2.45) is 5.92 Å². The molecule has 0 bridgehead atoms. The minimum atomic E-state index is 0.870. The Morgan fingerprint density at radius 2 is 1.77 bits per heavy atom. The van der Waals surface area contributed by atoms with E-state index >= 15 is 0 Å². The van der Waals surface area contributed by atoms with Crippen molar-refractivity contribution < 1.29 is 4.74 Å². The fourth-order valence-electron chi connectivity index (χ4n) is 1.15. The second-order valence-corrected chi connectivity index (χ2v) is 5.07. The van der Waals surface area contributed by atoms with Gasteiger partial charge < -0.3 is 4.74 Å². The van der Waals surface area contributed by atoms with Crippen LogP contribution in [0.4, 0.5) is 0 Å². The van der Waals surface area contributed by atoms with Crippen LogP contribution in [0.3, 0.4) is 0 Å². The number of rotatable bonds is 9. The van der Waals surface area contributed by atoms with E-state index in [0.29, 0.717) is 0 Å². The summed E-state index contributed by atoms with van der Waals surface area (Å²) in [4.78, 5) is 0. The van der Waals surface area contributed by atoms with Gasteiger partial charge in [-0.3, -0.25) is 0 Å². The minimum absolute atomic E-state index is 0.870. The maximum Gasteiger partial charge on any atom is 0.0462 e.